The van der Waals surface area contributed by atoms with Gasteiger partial charge in [0.1, 0.15) is 16.8 Å². The molecule has 0 bridgehead atoms. The Morgan fingerprint density at radius 1 is 1.29 bits per heavy atom. The highest BCUT2D eigenvalue weighted by molar-refractivity contribution is 7.89. The SMILES string of the molecule is COc1cc(F)c(S(=O)(=O)N(C)C(C)C(=O)O)cc1OC. The summed E-state index contributed by atoms with van der Waals surface area (Å²) in [5.74, 6) is -2.35. The third-order valence-electron chi connectivity index (χ3n) is 3.00. The average Bonchev–Trinajstić information content (AvgIpc) is 2.44. The molecule has 1 rings (SSSR count). The van der Waals surface area contributed by atoms with E-state index in [0.717, 1.165) is 19.2 Å². The molecule has 0 saturated heterocycles. The van der Waals surface area contributed by atoms with Crippen molar-refractivity contribution >= 4 is 16.0 Å². The molecule has 0 aliphatic rings. The Balaban J connectivity index is 3.41. The standard InChI is InChI=1S/C12H16FNO6S/c1-7(12(15)16)14(2)21(17,18)11-6-10(20-4)9(19-3)5-8(11)13/h5-7H,1-4H3,(H,15,16). The zero-order valence-electron chi connectivity index (χ0n) is 12.0. The Labute approximate surface area is 121 Å². The number of likely N-dealkylation sites (N-methyl/N-ethyl adjacent to an activating group) is 1. The highest BCUT2D eigenvalue weighted by Crippen LogP contribution is 2.33. The first-order valence-electron chi connectivity index (χ1n) is 5.79. The van der Waals surface area contributed by atoms with Gasteiger partial charge in [-0.25, -0.2) is 12.8 Å². The van der Waals surface area contributed by atoms with Crippen LogP contribution in [-0.4, -0.2) is 51.1 Å². The van der Waals surface area contributed by atoms with E-state index < -0.39 is 32.7 Å². The third-order valence-corrected chi connectivity index (χ3v) is 4.94. The first-order chi connectivity index (χ1) is 9.66. The highest BCUT2D eigenvalue weighted by atomic mass is 32.2. The summed E-state index contributed by atoms with van der Waals surface area (Å²) >= 11 is 0. The minimum absolute atomic E-state index is 0.0221. The fourth-order valence-electron chi connectivity index (χ4n) is 1.55. The molecule has 1 aromatic rings. The van der Waals surface area contributed by atoms with Gasteiger partial charge in [-0.15, -0.1) is 0 Å². The lowest BCUT2D eigenvalue weighted by Crippen LogP contribution is -2.40. The minimum atomic E-state index is -4.33. The van der Waals surface area contributed by atoms with Crippen LogP contribution in [0.5, 0.6) is 11.5 Å². The van der Waals surface area contributed by atoms with E-state index in [-0.39, 0.29) is 11.5 Å². The van der Waals surface area contributed by atoms with Crippen LogP contribution >= 0.6 is 0 Å². The maximum Gasteiger partial charge on any atom is 0.321 e. The van der Waals surface area contributed by atoms with E-state index in [0.29, 0.717) is 4.31 Å². The molecule has 0 aliphatic carbocycles. The molecule has 0 amide bonds. The van der Waals surface area contributed by atoms with Crippen LogP contribution in [0.15, 0.2) is 17.0 Å². The molecule has 0 aromatic heterocycles. The molecule has 7 nitrogen and oxygen atoms in total. The summed E-state index contributed by atoms with van der Waals surface area (Å²) in [7, 11) is -0.714. The fourth-order valence-corrected chi connectivity index (χ4v) is 2.93. The molecule has 1 aromatic carbocycles. The molecule has 1 unspecified atom stereocenters. The minimum Gasteiger partial charge on any atom is -0.493 e. The Morgan fingerprint density at radius 2 is 1.76 bits per heavy atom. The summed E-state index contributed by atoms with van der Waals surface area (Å²) < 4.78 is 48.9. The second-order valence-corrected chi connectivity index (χ2v) is 6.14. The van der Waals surface area contributed by atoms with Crippen molar-refractivity contribution < 1.29 is 32.2 Å². The zero-order chi connectivity index (χ0) is 16.4. The second kappa shape index (κ2) is 6.27. The van der Waals surface area contributed by atoms with Gasteiger partial charge in [0.15, 0.2) is 11.5 Å². The van der Waals surface area contributed by atoms with Gasteiger partial charge >= 0.3 is 5.97 Å². The Morgan fingerprint density at radius 3 is 2.19 bits per heavy atom. The van der Waals surface area contributed by atoms with Gasteiger partial charge < -0.3 is 14.6 Å². The predicted octanol–water partition coefficient (Wildman–Crippen LogP) is 0.936. The van der Waals surface area contributed by atoms with Crippen molar-refractivity contribution in [1.82, 2.24) is 4.31 Å². The molecular weight excluding hydrogens is 305 g/mol. The fraction of sp³-hybridized carbons (Fsp3) is 0.417. The van der Waals surface area contributed by atoms with Gasteiger partial charge in [0.25, 0.3) is 0 Å². The van der Waals surface area contributed by atoms with E-state index in [1.807, 2.05) is 0 Å². The lowest BCUT2D eigenvalue weighted by molar-refractivity contribution is -0.140. The molecule has 0 radical (unpaired) electrons. The largest absolute Gasteiger partial charge is 0.493 e. The molecule has 0 aliphatic heterocycles. The van der Waals surface area contributed by atoms with Crippen LogP contribution in [0.2, 0.25) is 0 Å². The molecule has 1 N–H and O–H groups in total. The van der Waals surface area contributed by atoms with Gasteiger partial charge in [0, 0.05) is 19.2 Å². The average molecular weight is 321 g/mol. The molecule has 0 spiro atoms. The molecule has 0 saturated carbocycles. The summed E-state index contributed by atoms with van der Waals surface area (Å²) in [6, 6.07) is 0.474. The number of hydrogen-bond acceptors (Lipinski definition) is 5. The number of carboxylic acid groups (broad SMARTS) is 1. The third kappa shape index (κ3) is 3.24. The lowest BCUT2D eigenvalue weighted by Gasteiger charge is -2.22. The van der Waals surface area contributed by atoms with Gasteiger partial charge in [0.05, 0.1) is 14.2 Å². The summed E-state index contributed by atoms with van der Waals surface area (Å²) in [6.07, 6.45) is 0. The molecule has 9 heteroatoms. The number of aliphatic carboxylic acids is 1. The Bertz CT molecular complexity index is 645. The first kappa shape index (κ1) is 17.2. The zero-order valence-corrected chi connectivity index (χ0v) is 12.8. The summed E-state index contributed by atoms with van der Waals surface area (Å²) in [5, 5.41) is 8.87. The summed E-state index contributed by atoms with van der Waals surface area (Å²) in [5.41, 5.74) is 0. The Kier molecular flexibility index (Phi) is 5.13. The monoisotopic (exact) mass is 321 g/mol. The quantitative estimate of drug-likeness (QED) is 0.838. The van der Waals surface area contributed by atoms with E-state index in [1.165, 1.54) is 21.1 Å². The maximum absolute atomic E-state index is 14.0. The number of halogens is 1. The van der Waals surface area contributed by atoms with Crippen LogP contribution in [0.1, 0.15) is 6.92 Å². The van der Waals surface area contributed by atoms with Crippen molar-refractivity contribution in [2.24, 2.45) is 0 Å². The van der Waals surface area contributed by atoms with E-state index in [2.05, 4.69) is 0 Å². The molecule has 0 fully saturated rings. The number of hydrogen-bond donors (Lipinski definition) is 1. The lowest BCUT2D eigenvalue weighted by atomic mass is 10.3. The molecule has 0 heterocycles. The van der Waals surface area contributed by atoms with Crippen LogP contribution in [-0.2, 0) is 14.8 Å². The van der Waals surface area contributed by atoms with Crippen LogP contribution in [0, 0.1) is 5.82 Å². The van der Waals surface area contributed by atoms with E-state index in [4.69, 9.17) is 14.6 Å². The number of benzene rings is 1. The van der Waals surface area contributed by atoms with Gasteiger partial charge in [-0.1, -0.05) is 0 Å². The van der Waals surface area contributed by atoms with Gasteiger partial charge in [-0.2, -0.15) is 4.31 Å². The van der Waals surface area contributed by atoms with Crippen molar-refractivity contribution in [3.05, 3.63) is 17.9 Å². The van der Waals surface area contributed by atoms with Crippen LogP contribution in [0.4, 0.5) is 4.39 Å². The number of sulfonamides is 1. The van der Waals surface area contributed by atoms with E-state index in [9.17, 15) is 17.6 Å². The normalized spacial score (nSPS) is 13.0. The van der Waals surface area contributed by atoms with E-state index >= 15 is 0 Å². The first-order valence-corrected chi connectivity index (χ1v) is 7.23. The number of rotatable bonds is 6. The Hall–Kier alpha value is -1.87. The topological polar surface area (TPSA) is 93.1 Å². The molecule has 1 atom stereocenters. The number of carbonyl (C=O) groups is 1. The maximum atomic E-state index is 14.0. The number of nitrogens with zero attached hydrogens (tertiary/aromatic N) is 1. The van der Waals surface area contributed by atoms with Crippen LogP contribution < -0.4 is 9.47 Å². The summed E-state index contributed by atoms with van der Waals surface area (Å²) in [4.78, 5) is 10.2. The predicted molar refractivity (Wildman–Crippen MR) is 71.6 cm³/mol. The number of ether oxygens (including phenoxy) is 2. The number of carboxylic acids is 1. The van der Waals surface area contributed by atoms with Crippen molar-refractivity contribution in [3.63, 3.8) is 0 Å². The van der Waals surface area contributed by atoms with Crippen LogP contribution in [0.3, 0.4) is 0 Å². The van der Waals surface area contributed by atoms with E-state index in [1.54, 1.807) is 0 Å². The summed E-state index contributed by atoms with van der Waals surface area (Å²) in [6.45, 7) is 1.18. The van der Waals surface area contributed by atoms with Crippen molar-refractivity contribution in [2.45, 2.75) is 17.9 Å². The van der Waals surface area contributed by atoms with Crippen molar-refractivity contribution in [3.8, 4) is 11.5 Å². The smallest absolute Gasteiger partial charge is 0.321 e. The van der Waals surface area contributed by atoms with Crippen molar-refractivity contribution in [2.75, 3.05) is 21.3 Å². The van der Waals surface area contributed by atoms with Gasteiger partial charge in [-0.05, 0) is 6.92 Å². The molecule has 118 valence electrons. The molecule has 21 heavy (non-hydrogen) atoms. The second-order valence-electron chi connectivity index (χ2n) is 4.17. The van der Waals surface area contributed by atoms with Crippen molar-refractivity contribution in [1.29, 1.82) is 0 Å². The highest BCUT2D eigenvalue weighted by Gasteiger charge is 2.32. The van der Waals surface area contributed by atoms with Gasteiger partial charge in [-0.3, -0.25) is 4.79 Å². The van der Waals surface area contributed by atoms with Gasteiger partial charge in [0.2, 0.25) is 10.0 Å². The number of methoxy groups -OCH3 is 2. The molecular formula is C12H16FNO6S. The van der Waals surface area contributed by atoms with Crippen LogP contribution in [0.25, 0.3) is 0 Å².